The molecule has 2 saturated carbocycles. The van der Waals surface area contributed by atoms with Crippen LogP contribution < -0.4 is 5.32 Å². The Morgan fingerprint density at radius 2 is 1.97 bits per heavy atom. The van der Waals surface area contributed by atoms with E-state index in [2.05, 4.69) is 47.2 Å². The van der Waals surface area contributed by atoms with Crippen LogP contribution in [0.1, 0.15) is 63.9 Å². The van der Waals surface area contributed by atoms with Crippen molar-refractivity contribution in [2.75, 3.05) is 0 Å². The van der Waals surface area contributed by atoms with Crippen molar-refractivity contribution in [1.82, 2.24) is 10.3 Å². The Labute approximate surface area is 178 Å². The largest absolute Gasteiger partial charge is 0.349 e. The zero-order chi connectivity index (χ0) is 20.4. The van der Waals surface area contributed by atoms with Gasteiger partial charge in [-0.1, -0.05) is 42.6 Å². The number of hydrogen-bond donors (Lipinski definition) is 1. The fourth-order valence-corrected chi connectivity index (χ4v) is 5.84. The van der Waals surface area contributed by atoms with Gasteiger partial charge in [0.05, 0.1) is 10.4 Å². The van der Waals surface area contributed by atoms with Crippen molar-refractivity contribution in [1.29, 1.82) is 0 Å². The Hall–Kier alpha value is -2.07. The first-order valence-corrected chi connectivity index (χ1v) is 11.5. The number of rotatable bonds is 5. The van der Waals surface area contributed by atoms with Gasteiger partial charge in [0, 0.05) is 17.6 Å². The van der Waals surface area contributed by atoms with Gasteiger partial charge in [-0.15, -0.1) is 0 Å². The van der Waals surface area contributed by atoms with Gasteiger partial charge in [0.1, 0.15) is 0 Å². The topological polar surface area (TPSA) is 42.0 Å². The molecule has 3 nitrogen and oxygen atoms in total. The van der Waals surface area contributed by atoms with E-state index in [0.29, 0.717) is 17.4 Å². The lowest BCUT2D eigenvalue weighted by molar-refractivity contribution is -0.119. The summed E-state index contributed by atoms with van der Waals surface area (Å²) in [6, 6.07) is 11.0. The predicted octanol–water partition coefficient (Wildman–Crippen LogP) is 6.33. The molecule has 2 aromatic rings. The number of carbonyl (C=O) groups excluding carboxylic acids is 1. The molecule has 0 unspecified atom stereocenters. The van der Waals surface area contributed by atoms with Gasteiger partial charge in [0.15, 0.2) is 0 Å². The number of carbonyl (C=O) groups is 1. The van der Waals surface area contributed by atoms with Gasteiger partial charge >= 0.3 is 0 Å². The normalized spacial score (nSPS) is 26.9. The number of allylic oxidation sites excluding steroid dienone is 2. The second-order valence-corrected chi connectivity index (χ2v) is 10.1. The zero-order valence-corrected chi connectivity index (χ0v) is 18.2. The van der Waals surface area contributed by atoms with Crippen LogP contribution in [-0.2, 0) is 4.79 Å². The average molecular weight is 407 g/mol. The molecule has 2 aliphatic carbocycles. The number of amides is 1. The van der Waals surface area contributed by atoms with E-state index in [1.54, 1.807) is 0 Å². The number of para-hydroxylation sites is 1. The van der Waals surface area contributed by atoms with Crippen molar-refractivity contribution in [3.63, 3.8) is 0 Å². The highest BCUT2D eigenvalue weighted by Crippen LogP contribution is 2.55. The minimum Gasteiger partial charge on any atom is -0.349 e. The van der Waals surface area contributed by atoms with Crippen LogP contribution in [0.5, 0.6) is 0 Å². The second-order valence-electron chi connectivity index (χ2n) is 8.73. The SMILES string of the molecule is C=C(C)S/C(=C\C)C(=O)NC1CC2(CCC(c3ccnc4ccccc34)CC2)C1. The van der Waals surface area contributed by atoms with Crippen LogP contribution in [0.2, 0.25) is 0 Å². The number of nitrogens with one attached hydrogen (secondary N) is 1. The predicted molar refractivity (Wildman–Crippen MR) is 123 cm³/mol. The molecule has 29 heavy (non-hydrogen) atoms. The van der Waals surface area contributed by atoms with E-state index >= 15 is 0 Å². The van der Waals surface area contributed by atoms with Gasteiger partial charge in [0.2, 0.25) is 0 Å². The number of thioether (sulfide) groups is 1. The second kappa shape index (κ2) is 8.35. The van der Waals surface area contributed by atoms with E-state index in [4.69, 9.17) is 0 Å². The molecule has 1 spiro atoms. The van der Waals surface area contributed by atoms with Crippen molar-refractivity contribution in [3.05, 3.63) is 64.6 Å². The number of aromatic nitrogens is 1. The maximum atomic E-state index is 12.5. The summed E-state index contributed by atoms with van der Waals surface area (Å²) in [4.78, 5) is 18.7. The highest BCUT2D eigenvalue weighted by molar-refractivity contribution is 8.07. The van der Waals surface area contributed by atoms with Crippen LogP contribution in [0.25, 0.3) is 10.9 Å². The minimum absolute atomic E-state index is 0.0530. The molecule has 1 aromatic carbocycles. The summed E-state index contributed by atoms with van der Waals surface area (Å²) in [6.45, 7) is 7.74. The Bertz CT molecular complexity index is 943. The van der Waals surface area contributed by atoms with Crippen molar-refractivity contribution in [2.24, 2.45) is 5.41 Å². The third-order valence-electron chi connectivity index (χ3n) is 6.63. The molecule has 1 amide bonds. The molecule has 0 atom stereocenters. The quantitative estimate of drug-likeness (QED) is 0.590. The van der Waals surface area contributed by atoms with Crippen molar-refractivity contribution < 1.29 is 4.79 Å². The summed E-state index contributed by atoms with van der Waals surface area (Å²) in [6.07, 6.45) is 11.1. The maximum Gasteiger partial charge on any atom is 0.257 e. The standard InChI is InChI=1S/C25H30N2OS/c1-4-23(29-17(2)3)24(28)27-19-15-25(16-19)12-9-18(10-13-25)20-11-14-26-22-8-6-5-7-21(20)22/h4-8,11,14,18-19H,2,9-10,12-13,15-16H2,1,3H3,(H,27,28)/b23-4-. The van der Waals surface area contributed by atoms with Crippen LogP contribution in [0.4, 0.5) is 0 Å². The van der Waals surface area contributed by atoms with Crippen LogP contribution in [0.3, 0.4) is 0 Å². The Kier molecular flexibility index (Phi) is 5.82. The smallest absolute Gasteiger partial charge is 0.257 e. The van der Waals surface area contributed by atoms with Crippen molar-refractivity contribution >= 4 is 28.6 Å². The highest BCUT2D eigenvalue weighted by Gasteiger charge is 2.46. The van der Waals surface area contributed by atoms with Crippen LogP contribution in [0, 0.1) is 5.41 Å². The molecular weight excluding hydrogens is 376 g/mol. The third-order valence-corrected chi connectivity index (χ3v) is 7.62. The van der Waals surface area contributed by atoms with E-state index in [-0.39, 0.29) is 5.91 Å². The first-order chi connectivity index (χ1) is 14.0. The van der Waals surface area contributed by atoms with Crippen molar-refractivity contribution in [3.8, 4) is 0 Å². The van der Waals surface area contributed by atoms with E-state index in [0.717, 1.165) is 28.2 Å². The molecule has 4 heteroatoms. The first-order valence-electron chi connectivity index (χ1n) is 10.6. The number of pyridine rings is 1. The number of hydrogen-bond acceptors (Lipinski definition) is 3. The number of fused-ring (bicyclic) bond motifs is 1. The lowest BCUT2D eigenvalue weighted by Gasteiger charge is -2.52. The third kappa shape index (κ3) is 4.28. The molecule has 0 aliphatic heterocycles. The lowest BCUT2D eigenvalue weighted by atomic mass is 9.56. The summed E-state index contributed by atoms with van der Waals surface area (Å²) >= 11 is 1.46. The summed E-state index contributed by atoms with van der Waals surface area (Å²) in [5.74, 6) is 0.682. The lowest BCUT2D eigenvalue weighted by Crippen LogP contribution is -2.52. The Morgan fingerprint density at radius 1 is 1.24 bits per heavy atom. The molecule has 0 saturated heterocycles. The summed E-state index contributed by atoms with van der Waals surface area (Å²) < 4.78 is 0. The summed E-state index contributed by atoms with van der Waals surface area (Å²) in [5.41, 5.74) is 3.00. The molecule has 0 bridgehead atoms. The van der Waals surface area contributed by atoms with Crippen LogP contribution >= 0.6 is 11.8 Å². The van der Waals surface area contributed by atoms with Gasteiger partial charge in [-0.2, -0.15) is 0 Å². The van der Waals surface area contributed by atoms with Gasteiger partial charge < -0.3 is 5.32 Å². The highest BCUT2D eigenvalue weighted by atomic mass is 32.2. The van der Waals surface area contributed by atoms with E-state index < -0.39 is 0 Å². The van der Waals surface area contributed by atoms with E-state index in [1.807, 2.05) is 26.1 Å². The maximum absolute atomic E-state index is 12.5. The monoisotopic (exact) mass is 406 g/mol. The number of nitrogens with zero attached hydrogens (tertiary/aromatic N) is 1. The van der Waals surface area contributed by atoms with Crippen LogP contribution in [-0.4, -0.2) is 16.9 Å². The van der Waals surface area contributed by atoms with Crippen LogP contribution in [0.15, 0.2) is 59.0 Å². The molecule has 152 valence electrons. The van der Waals surface area contributed by atoms with Gasteiger partial charge in [-0.3, -0.25) is 9.78 Å². The Balaban J connectivity index is 1.33. The van der Waals surface area contributed by atoms with E-state index in [9.17, 15) is 4.79 Å². The Morgan fingerprint density at radius 3 is 2.66 bits per heavy atom. The van der Waals surface area contributed by atoms with E-state index in [1.165, 1.54) is 48.4 Å². The molecule has 2 aliphatic rings. The average Bonchev–Trinajstić information content (AvgIpc) is 2.71. The summed E-state index contributed by atoms with van der Waals surface area (Å²) in [7, 11) is 0. The zero-order valence-electron chi connectivity index (χ0n) is 17.4. The molecule has 1 heterocycles. The summed E-state index contributed by atoms with van der Waals surface area (Å²) in [5, 5.41) is 4.54. The molecular formula is C25H30N2OS. The molecule has 1 aromatic heterocycles. The molecule has 1 N–H and O–H groups in total. The fourth-order valence-electron chi connectivity index (χ4n) is 5.19. The number of benzene rings is 1. The molecule has 0 radical (unpaired) electrons. The van der Waals surface area contributed by atoms with Gasteiger partial charge in [-0.05, 0) is 86.3 Å². The first kappa shape index (κ1) is 20.2. The molecule has 2 fully saturated rings. The fraction of sp³-hybridized carbons (Fsp3) is 0.440. The molecule has 4 rings (SSSR count). The minimum atomic E-state index is 0.0530. The van der Waals surface area contributed by atoms with Gasteiger partial charge in [-0.25, -0.2) is 0 Å². The van der Waals surface area contributed by atoms with Gasteiger partial charge in [0.25, 0.3) is 5.91 Å². The van der Waals surface area contributed by atoms with Crippen molar-refractivity contribution in [2.45, 2.75) is 64.3 Å².